The molecule has 1 aliphatic rings. The summed E-state index contributed by atoms with van der Waals surface area (Å²) in [6, 6.07) is 22.3. The molecule has 1 aliphatic heterocycles. The molecule has 0 saturated carbocycles. The normalized spacial score (nSPS) is 17.7. The number of para-hydroxylation sites is 2. The Hall–Kier alpha value is -3.14. The molecule has 1 amide bonds. The zero-order valence-electron chi connectivity index (χ0n) is 13.6. The number of aromatic nitrogens is 2. The SMILES string of the molecule is O=C1C[C@H](c2nc3ccccc3[nH]2)CN1c1cccc2ccccc12. The summed E-state index contributed by atoms with van der Waals surface area (Å²) in [5, 5.41) is 2.27. The molecule has 4 heteroatoms. The van der Waals surface area contributed by atoms with Gasteiger partial charge in [0.2, 0.25) is 5.91 Å². The maximum Gasteiger partial charge on any atom is 0.227 e. The third kappa shape index (κ3) is 2.30. The first-order valence-electron chi connectivity index (χ1n) is 8.52. The summed E-state index contributed by atoms with van der Waals surface area (Å²) in [7, 11) is 0. The van der Waals surface area contributed by atoms with Crippen LogP contribution >= 0.6 is 0 Å². The lowest BCUT2D eigenvalue weighted by atomic mass is 10.1. The highest BCUT2D eigenvalue weighted by Gasteiger charge is 2.34. The molecular weight excluding hydrogens is 310 g/mol. The van der Waals surface area contributed by atoms with E-state index in [2.05, 4.69) is 28.2 Å². The molecular formula is C21H17N3O. The fraction of sp³-hybridized carbons (Fsp3) is 0.143. The number of H-pyrrole nitrogens is 1. The quantitative estimate of drug-likeness (QED) is 0.599. The second-order valence-corrected chi connectivity index (χ2v) is 6.54. The van der Waals surface area contributed by atoms with Crippen molar-refractivity contribution in [1.82, 2.24) is 9.97 Å². The van der Waals surface area contributed by atoms with Crippen molar-refractivity contribution in [2.75, 3.05) is 11.4 Å². The van der Waals surface area contributed by atoms with Gasteiger partial charge < -0.3 is 9.88 Å². The van der Waals surface area contributed by atoms with E-state index in [1.165, 1.54) is 0 Å². The molecule has 0 radical (unpaired) electrons. The van der Waals surface area contributed by atoms with Crippen LogP contribution in [-0.2, 0) is 4.79 Å². The van der Waals surface area contributed by atoms with Crippen LogP contribution in [0.5, 0.6) is 0 Å². The number of imidazole rings is 1. The van der Waals surface area contributed by atoms with Crippen LogP contribution in [-0.4, -0.2) is 22.4 Å². The second-order valence-electron chi connectivity index (χ2n) is 6.54. The minimum absolute atomic E-state index is 0.0962. The van der Waals surface area contributed by atoms with Crippen LogP contribution in [0.25, 0.3) is 21.8 Å². The van der Waals surface area contributed by atoms with Gasteiger partial charge >= 0.3 is 0 Å². The third-order valence-electron chi connectivity index (χ3n) is 4.98. The number of anilines is 1. The minimum Gasteiger partial charge on any atom is -0.342 e. The first-order chi connectivity index (χ1) is 12.3. The average Bonchev–Trinajstić information content (AvgIpc) is 3.24. The van der Waals surface area contributed by atoms with Gasteiger partial charge in [0.15, 0.2) is 0 Å². The van der Waals surface area contributed by atoms with Gasteiger partial charge in [0.05, 0.1) is 16.7 Å². The highest BCUT2D eigenvalue weighted by Crippen LogP contribution is 2.35. The molecule has 1 N–H and O–H groups in total. The van der Waals surface area contributed by atoms with E-state index in [9.17, 15) is 4.79 Å². The topological polar surface area (TPSA) is 49.0 Å². The molecule has 1 atom stereocenters. The second kappa shape index (κ2) is 5.45. The largest absolute Gasteiger partial charge is 0.342 e. The molecule has 0 bridgehead atoms. The number of amides is 1. The van der Waals surface area contributed by atoms with E-state index in [4.69, 9.17) is 0 Å². The first kappa shape index (κ1) is 14.2. The number of carbonyl (C=O) groups excluding carboxylic acids is 1. The Morgan fingerprint density at radius 3 is 2.68 bits per heavy atom. The highest BCUT2D eigenvalue weighted by atomic mass is 16.2. The molecule has 0 aliphatic carbocycles. The van der Waals surface area contributed by atoms with Crippen LogP contribution in [0.2, 0.25) is 0 Å². The first-order valence-corrected chi connectivity index (χ1v) is 8.52. The number of fused-ring (bicyclic) bond motifs is 2. The van der Waals surface area contributed by atoms with E-state index in [-0.39, 0.29) is 11.8 Å². The summed E-state index contributed by atoms with van der Waals surface area (Å²) < 4.78 is 0. The van der Waals surface area contributed by atoms with Gasteiger partial charge in [-0.1, -0.05) is 48.5 Å². The Bertz CT molecular complexity index is 1060. The summed E-state index contributed by atoms with van der Waals surface area (Å²) in [6.07, 6.45) is 0.489. The van der Waals surface area contributed by atoms with Crippen LogP contribution < -0.4 is 4.90 Å². The molecule has 4 nitrogen and oxygen atoms in total. The van der Waals surface area contributed by atoms with E-state index in [0.29, 0.717) is 13.0 Å². The van der Waals surface area contributed by atoms with Crippen molar-refractivity contribution < 1.29 is 4.79 Å². The van der Waals surface area contributed by atoms with Gasteiger partial charge in [-0.15, -0.1) is 0 Å². The van der Waals surface area contributed by atoms with Gasteiger partial charge in [0.25, 0.3) is 0 Å². The standard InChI is InChI=1S/C21H17N3O/c25-20-12-15(21-22-17-9-3-4-10-18(17)23-21)13-24(20)19-11-5-7-14-6-1-2-8-16(14)19/h1-11,15H,12-13H2,(H,22,23)/t15-/m0/s1. The third-order valence-corrected chi connectivity index (χ3v) is 4.98. The van der Waals surface area contributed by atoms with Crippen LogP contribution in [0, 0.1) is 0 Å². The average molecular weight is 327 g/mol. The number of aromatic amines is 1. The van der Waals surface area contributed by atoms with Gasteiger partial charge in [0.1, 0.15) is 5.82 Å². The lowest BCUT2D eigenvalue weighted by Crippen LogP contribution is -2.24. The molecule has 3 aromatic carbocycles. The van der Waals surface area contributed by atoms with Gasteiger partial charge in [-0.3, -0.25) is 4.79 Å². The van der Waals surface area contributed by atoms with Gasteiger partial charge in [0, 0.05) is 24.3 Å². The molecule has 5 rings (SSSR count). The fourth-order valence-corrected chi connectivity index (χ4v) is 3.73. The zero-order valence-corrected chi connectivity index (χ0v) is 13.6. The van der Waals surface area contributed by atoms with Crippen molar-refractivity contribution in [1.29, 1.82) is 0 Å². The fourth-order valence-electron chi connectivity index (χ4n) is 3.73. The van der Waals surface area contributed by atoms with Crippen molar-refractivity contribution in [2.45, 2.75) is 12.3 Å². The Morgan fingerprint density at radius 2 is 1.76 bits per heavy atom. The number of carbonyl (C=O) groups is 1. The molecule has 1 fully saturated rings. The number of hydrogen-bond donors (Lipinski definition) is 1. The van der Waals surface area contributed by atoms with E-state index in [0.717, 1.165) is 33.3 Å². The monoisotopic (exact) mass is 327 g/mol. The smallest absolute Gasteiger partial charge is 0.227 e. The Morgan fingerprint density at radius 1 is 0.960 bits per heavy atom. The predicted octanol–water partition coefficient (Wildman–Crippen LogP) is 4.24. The van der Waals surface area contributed by atoms with Crippen LogP contribution in [0.4, 0.5) is 5.69 Å². The van der Waals surface area contributed by atoms with Crippen LogP contribution in [0.1, 0.15) is 18.2 Å². The summed E-state index contributed by atoms with van der Waals surface area (Å²) in [5.74, 6) is 1.15. The van der Waals surface area contributed by atoms with E-state index >= 15 is 0 Å². The van der Waals surface area contributed by atoms with Crippen molar-refractivity contribution in [2.24, 2.45) is 0 Å². The van der Waals surface area contributed by atoms with E-state index < -0.39 is 0 Å². The van der Waals surface area contributed by atoms with Gasteiger partial charge in [-0.05, 0) is 23.6 Å². The number of benzene rings is 3. The Balaban J connectivity index is 1.53. The van der Waals surface area contributed by atoms with Crippen molar-refractivity contribution in [3.05, 3.63) is 72.6 Å². The number of hydrogen-bond acceptors (Lipinski definition) is 2. The zero-order chi connectivity index (χ0) is 16.8. The van der Waals surface area contributed by atoms with Crippen molar-refractivity contribution >= 4 is 33.4 Å². The molecule has 0 spiro atoms. The molecule has 4 aromatic rings. The summed E-state index contributed by atoms with van der Waals surface area (Å²) in [6.45, 7) is 0.659. The maximum atomic E-state index is 12.7. The molecule has 0 unspecified atom stereocenters. The number of nitrogens with one attached hydrogen (secondary N) is 1. The van der Waals surface area contributed by atoms with E-state index in [1.54, 1.807) is 0 Å². The predicted molar refractivity (Wildman–Crippen MR) is 99.8 cm³/mol. The minimum atomic E-state index is 0.0962. The summed E-state index contributed by atoms with van der Waals surface area (Å²) in [5.41, 5.74) is 2.96. The molecule has 1 saturated heterocycles. The summed E-state index contributed by atoms with van der Waals surface area (Å²) >= 11 is 0. The van der Waals surface area contributed by atoms with Crippen molar-refractivity contribution in [3.8, 4) is 0 Å². The van der Waals surface area contributed by atoms with Gasteiger partial charge in [-0.2, -0.15) is 0 Å². The van der Waals surface area contributed by atoms with Crippen molar-refractivity contribution in [3.63, 3.8) is 0 Å². The summed E-state index contributed by atoms with van der Waals surface area (Å²) in [4.78, 5) is 22.7. The highest BCUT2D eigenvalue weighted by molar-refractivity contribution is 6.05. The lowest BCUT2D eigenvalue weighted by Gasteiger charge is -2.18. The maximum absolute atomic E-state index is 12.7. The molecule has 2 heterocycles. The van der Waals surface area contributed by atoms with Gasteiger partial charge in [-0.25, -0.2) is 4.98 Å². The lowest BCUT2D eigenvalue weighted by molar-refractivity contribution is -0.117. The van der Waals surface area contributed by atoms with Crippen LogP contribution in [0.15, 0.2) is 66.7 Å². The molecule has 25 heavy (non-hydrogen) atoms. The Labute approximate surface area is 145 Å². The molecule has 122 valence electrons. The number of rotatable bonds is 2. The number of nitrogens with zero attached hydrogens (tertiary/aromatic N) is 2. The molecule has 1 aromatic heterocycles. The Kier molecular flexibility index (Phi) is 3.10. The van der Waals surface area contributed by atoms with E-state index in [1.807, 2.05) is 53.4 Å². The van der Waals surface area contributed by atoms with Crippen LogP contribution in [0.3, 0.4) is 0 Å².